The normalized spacial score (nSPS) is 24.2. The van der Waals surface area contributed by atoms with Crippen molar-refractivity contribution < 1.29 is 8.42 Å². The van der Waals surface area contributed by atoms with Gasteiger partial charge in [-0.1, -0.05) is 48.5 Å². The molecule has 0 radical (unpaired) electrons. The van der Waals surface area contributed by atoms with E-state index >= 15 is 0 Å². The first-order valence-electron chi connectivity index (χ1n) is 6.88. The van der Waals surface area contributed by atoms with Crippen LogP contribution in [-0.4, -0.2) is 18.8 Å². The van der Waals surface area contributed by atoms with Crippen molar-refractivity contribution in [2.24, 2.45) is 5.73 Å². The highest BCUT2D eigenvalue weighted by molar-refractivity contribution is 7.89. The van der Waals surface area contributed by atoms with E-state index in [0.29, 0.717) is 10.5 Å². The molecule has 1 atom stereocenters. The molecule has 1 heterocycles. The summed E-state index contributed by atoms with van der Waals surface area (Å²) in [6, 6.07) is 16.1. The Morgan fingerprint density at radius 3 is 2.19 bits per heavy atom. The van der Waals surface area contributed by atoms with Crippen molar-refractivity contribution in [1.29, 1.82) is 0 Å². The van der Waals surface area contributed by atoms with Gasteiger partial charge in [-0.3, -0.25) is 0 Å². The number of hydrogen-bond acceptors (Lipinski definition) is 3. The third kappa shape index (κ3) is 1.85. The van der Waals surface area contributed by atoms with Crippen molar-refractivity contribution in [1.82, 2.24) is 4.31 Å². The molecule has 0 bridgehead atoms. The van der Waals surface area contributed by atoms with Crippen LogP contribution in [-0.2, 0) is 15.7 Å². The van der Waals surface area contributed by atoms with Crippen LogP contribution in [0.4, 0.5) is 0 Å². The summed E-state index contributed by atoms with van der Waals surface area (Å²) in [5.74, 6) is 0. The quantitative estimate of drug-likeness (QED) is 0.925. The van der Waals surface area contributed by atoms with E-state index < -0.39 is 15.7 Å². The van der Waals surface area contributed by atoms with Gasteiger partial charge >= 0.3 is 0 Å². The Kier molecular flexibility index (Phi) is 3.16. The number of benzene rings is 2. The lowest BCUT2D eigenvalue weighted by atomic mass is 9.91. The van der Waals surface area contributed by atoms with Crippen LogP contribution in [0.25, 0.3) is 0 Å². The fourth-order valence-electron chi connectivity index (χ4n) is 3.08. The molecule has 0 spiro atoms. The summed E-state index contributed by atoms with van der Waals surface area (Å²) in [6.07, 6.45) is 0. The average Bonchev–Trinajstić information content (AvgIpc) is 2.65. The first-order chi connectivity index (χ1) is 9.90. The number of hydrogen-bond donors (Lipinski definition) is 1. The molecule has 2 aromatic carbocycles. The zero-order valence-corrected chi connectivity index (χ0v) is 12.8. The monoisotopic (exact) mass is 302 g/mol. The smallest absolute Gasteiger partial charge is 0.245 e. The van der Waals surface area contributed by atoms with E-state index in [1.54, 1.807) is 18.2 Å². The summed E-state index contributed by atoms with van der Waals surface area (Å²) in [5, 5.41) is 0. The van der Waals surface area contributed by atoms with Crippen molar-refractivity contribution in [3.63, 3.8) is 0 Å². The maximum atomic E-state index is 12.9. The van der Waals surface area contributed by atoms with Gasteiger partial charge in [0.25, 0.3) is 0 Å². The Morgan fingerprint density at radius 2 is 1.57 bits per heavy atom. The summed E-state index contributed by atoms with van der Waals surface area (Å²) in [5.41, 5.74) is 6.90. The predicted octanol–water partition coefficient (Wildman–Crippen LogP) is 2.26. The van der Waals surface area contributed by atoms with Crippen LogP contribution in [0, 0.1) is 0 Å². The SMILES string of the molecule is CC(C)N1C(N)(c2ccccc2)c2ccccc2S1(=O)=O. The minimum absolute atomic E-state index is 0.243. The van der Waals surface area contributed by atoms with Crippen LogP contribution in [0.15, 0.2) is 59.5 Å². The summed E-state index contributed by atoms with van der Waals surface area (Å²) in [7, 11) is -3.59. The van der Waals surface area contributed by atoms with Crippen molar-refractivity contribution >= 4 is 10.0 Å². The molecule has 1 aliphatic rings. The highest BCUT2D eigenvalue weighted by atomic mass is 32.2. The largest absolute Gasteiger partial charge is 0.305 e. The fourth-order valence-corrected chi connectivity index (χ4v) is 5.18. The van der Waals surface area contributed by atoms with Gasteiger partial charge in [-0.15, -0.1) is 0 Å². The highest BCUT2D eigenvalue weighted by Crippen LogP contribution is 2.45. The molecule has 2 aromatic rings. The second-order valence-electron chi connectivity index (χ2n) is 5.52. The van der Waals surface area contributed by atoms with Gasteiger partial charge in [0, 0.05) is 11.6 Å². The highest BCUT2D eigenvalue weighted by Gasteiger charge is 2.53. The number of rotatable bonds is 2. The van der Waals surface area contributed by atoms with Gasteiger partial charge < -0.3 is 5.73 Å². The molecule has 0 amide bonds. The standard InChI is InChI=1S/C16H18N2O2S/c1-12(2)18-16(17,13-8-4-3-5-9-13)14-10-6-7-11-15(14)21(18,19)20/h3-12H,17H2,1-2H3. The lowest BCUT2D eigenvalue weighted by Gasteiger charge is -2.36. The zero-order chi connectivity index (χ0) is 15.3. The molecule has 5 heteroatoms. The molecular weight excluding hydrogens is 284 g/mol. The van der Waals surface area contributed by atoms with E-state index in [2.05, 4.69) is 0 Å². The van der Waals surface area contributed by atoms with E-state index in [4.69, 9.17) is 5.73 Å². The summed E-state index contributed by atoms with van der Waals surface area (Å²) in [4.78, 5) is 0.296. The molecule has 2 N–H and O–H groups in total. The summed E-state index contributed by atoms with van der Waals surface area (Å²) >= 11 is 0. The molecule has 0 saturated carbocycles. The molecule has 0 aromatic heterocycles. The third-order valence-corrected chi connectivity index (χ3v) is 6.00. The van der Waals surface area contributed by atoms with Crippen LogP contribution >= 0.6 is 0 Å². The molecule has 0 aliphatic carbocycles. The van der Waals surface area contributed by atoms with Crippen molar-refractivity contribution in [2.75, 3.05) is 0 Å². The van der Waals surface area contributed by atoms with E-state index in [-0.39, 0.29) is 6.04 Å². The van der Waals surface area contributed by atoms with Gasteiger partial charge in [-0.2, -0.15) is 4.31 Å². The minimum atomic E-state index is -3.59. The lowest BCUT2D eigenvalue weighted by molar-refractivity contribution is 0.213. The topological polar surface area (TPSA) is 63.4 Å². The molecule has 110 valence electrons. The van der Waals surface area contributed by atoms with Crippen LogP contribution in [0.2, 0.25) is 0 Å². The van der Waals surface area contributed by atoms with Crippen LogP contribution in [0.5, 0.6) is 0 Å². The van der Waals surface area contributed by atoms with Crippen LogP contribution in [0.1, 0.15) is 25.0 Å². The maximum absolute atomic E-state index is 12.9. The van der Waals surface area contributed by atoms with E-state index in [0.717, 1.165) is 5.56 Å². The van der Waals surface area contributed by atoms with Gasteiger partial charge in [0.15, 0.2) is 0 Å². The average molecular weight is 302 g/mol. The van der Waals surface area contributed by atoms with Crippen LogP contribution in [0.3, 0.4) is 0 Å². The Labute approximate surface area is 125 Å². The number of nitrogens with two attached hydrogens (primary N) is 1. The number of fused-ring (bicyclic) bond motifs is 1. The first-order valence-corrected chi connectivity index (χ1v) is 8.32. The van der Waals surface area contributed by atoms with E-state index in [1.807, 2.05) is 50.2 Å². The molecular formula is C16H18N2O2S. The molecule has 0 saturated heterocycles. The maximum Gasteiger partial charge on any atom is 0.245 e. The fraction of sp³-hybridized carbons (Fsp3) is 0.250. The summed E-state index contributed by atoms with van der Waals surface area (Å²) in [6.45, 7) is 3.68. The second-order valence-corrected chi connectivity index (χ2v) is 7.31. The molecule has 4 nitrogen and oxygen atoms in total. The van der Waals surface area contributed by atoms with Gasteiger partial charge in [0.05, 0.1) is 4.90 Å². The second kappa shape index (κ2) is 4.66. The predicted molar refractivity (Wildman–Crippen MR) is 82.0 cm³/mol. The zero-order valence-electron chi connectivity index (χ0n) is 12.0. The third-order valence-electron chi connectivity index (χ3n) is 3.87. The molecule has 1 aliphatic heterocycles. The number of nitrogens with zero attached hydrogens (tertiary/aromatic N) is 1. The molecule has 0 fully saturated rings. The Balaban J connectivity index is 2.37. The van der Waals surface area contributed by atoms with Crippen LogP contribution < -0.4 is 5.73 Å². The van der Waals surface area contributed by atoms with Crippen molar-refractivity contribution in [3.8, 4) is 0 Å². The van der Waals surface area contributed by atoms with E-state index in [1.165, 1.54) is 4.31 Å². The Bertz CT molecular complexity index is 772. The lowest BCUT2D eigenvalue weighted by Crippen LogP contribution is -2.54. The Hall–Kier alpha value is -1.69. The van der Waals surface area contributed by atoms with Gasteiger partial charge in [-0.25, -0.2) is 8.42 Å². The van der Waals surface area contributed by atoms with Crippen molar-refractivity contribution in [3.05, 3.63) is 65.7 Å². The molecule has 3 rings (SSSR count). The van der Waals surface area contributed by atoms with Crippen molar-refractivity contribution in [2.45, 2.75) is 30.4 Å². The van der Waals surface area contributed by atoms with Gasteiger partial charge in [0.2, 0.25) is 10.0 Å². The number of sulfonamides is 1. The Morgan fingerprint density at radius 1 is 1.00 bits per heavy atom. The minimum Gasteiger partial charge on any atom is -0.305 e. The molecule has 1 unspecified atom stereocenters. The first kappa shape index (κ1) is 14.3. The molecule has 21 heavy (non-hydrogen) atoms. The van der Waals surface area contributed by atoms with E-state index in [9.17, 15) is 8.42 Å². The summed E-state index contributed by atoms with van der Waals surface area (Å²) < 4.78 is 27.1. The van der Waals surface area contributed by atoms with Gasteiger partial charge in [0.1, 0.15) is 5.66 Å². The van der Waals surface area contributed by atoms with Gasteiger partial charge in [-0.05, 0) is 25.5 Å².